The summed E-state index contributed by atoms with van der Waals surface area (Å²) in [6.07, 6.45) is -0.0794. The van der Waals surface area contributed by atoms with Crippen molar-refractivity contribution in [2.24, 2.45) is 0 Å². The van der Waals surface area contributed by atoms with Crippen LogP contribution in [0.2, 0.25) is 0 Å². The third-order valence-corrected chi connectivity index (χ3v) is 3.59. The SMILES string of the molecule is CC1CN(C(=O)c2csc(=O)[nH]2)c2ccccc2O1. The summed E-state index contributed by atoms with van der Waals surface area (Å²) in [4.78, 5) is 27.5. The second kappa shape index (κ2) is 4.55. The lowest BCUT2D eigenvalue weighted by atomic mass is 10.2. The molecule has 0 bridgehead atoms. The number of ether oxygens (including phenoxy) is 1. The Morgan fingerprint density at radius 2 is 2.26 bits per heavy atom. The molecule has 0 saturated carbocycles. The van der Waals surface area contributed by atoms with E-state index in [4.69, 9.17) is 4.74 Å². The minimum Gasteiger partial charge on any atom is -0.487 e. The number of aromatic amines is 1. The zero-order valence-corrected chi connectivity index (χ0v) is 11.1. The molecule has 1 aromatic carbocycles. The molecular weight excluding hydrogens is 264 g/mol. The van der Waals surface area contributed by atoms with Gasteiger partial charge in [0.15, 0.2) is 0 Å². The standard InChI is InChI=1S/C13H12N2O3S/c1-8-6-15(10-4-2-3-5-11(10)18-8)12(16)9-7-19-13(17)14-9/h2-5,7-8H,6H2,1H3,(H,14,17). The van der Waals surface area contributed by atoms with E-state index in [-0.39, 0.29) is 16.9 Å². The number of nitrogens with one attached hydrogen (secondary N) is 1. The van der Waals surface area contributed by atoms with Crippen LogP contribution < -0.4 is 14.5 Å². The van der Waals surface area contributed by atoms with Gasteiger partial charge in [0.2, 0.25) is 0 Å². The molecule has 1 atom stereocenters. The van der Waals surface area contributed by atoms with E-state index < -0.39 is 0 Å². The number of benzene rings is 1. The van der Waals surface area contributed by atoms with E-state index in [2.05, 4.69) is 4.98 Å². The molecule has 2 aromatic rings. The van der Waals surface area contributed by atoms with E-state index in [9.17, 15) is 9.59 Å². The molecule has 19 heavy (non-hydrogen) atoms. The van der Waals surface area contributed by atoms with Gasteiger partial charge in [-0.25, -0.2) is 0 Å². The molecule has 0 aliphatic carbocycles. The molecule has 1 N–H and O–H groups in total. The zero-order chi connectivity index (χ0) is 13.4. The fourth-order valence-electron chi connectivity index (χ4n) is 2.11. The Morgan fingerprint density at radius 3 is 3.00 bits per heavy atom. The third kappa shape index (κ3) is 2.15. The number of thiazole rings is 1. The summed E-state index contributed by atoms with van der Waals surface area (Å²) in [6, 6.07) is 7.39. The average Bonchev–Trinajstić information content (AvgIpc) is 2.83. The molecule has 5 nitrogen and oxygen atoms in total. The van der Waals surface area contributed by atoms with Crippen LogP contribution in [0.4, 0.5) is 5.69 Å². The van der Waals surface area contributed by atoms with Crippen LogP contribution in [0.5, 0.6) is 5.75 Å². The van der Waals surface area contributed by atoms with Gasteiger partial charge in [0.05, 0.1) is 12.2 Å². The number of fused-ring (bicyclic) bond motifs is 1. The van der Waals surface area contributed by atoms with E-state index in [1.807, 2.05) is 31.2 Å². The zero-order valence-electron chi connectivity index (χ0n) is 10.3. The number of nitrogens with zero attached hydrogens (tertiary/aromatic N) is 1. The van der Waals surface area contributed by atoms with Crippen molar-refractivity contribution in [3.05, 3.63) is 45.0 Å². The van der Waals surface area contributed by atoms with Gasteiger partial charge in [-0.15, -0.1) is 0 Å². The molecule has 1 aromatic heterocycles. The molecule has 0 radical (unpaired) electrons. The summed E-state index contributed by atoms with van der Waals surface area (Å²) in [5, 5.41) is 1.55. The molecule has 98 valence electrons. The van der Waals surface area contributed by atoms with Crippen molar-refractivity contribution in [1.82, 2.24) is 4.98 Å². The van der Waals surface area contributed by atoms with Crippen molar-refractivity contribution in [2.45, 2.75) is 13.0 Å². The lowest BCUT2D eigenvalue weighted by molar-refractivity contribution is 0.0957. The molecular formula is C13H12N2O3S. The van der Waals surface area contributed by atoms with Gasteiger partial charge in [-0.05, 0) is 19.1 Å². The number of para-hydroxylation sites is 2. The van der Waals surface area contributed by atoms with Gasteiger partial charge in [-0.2, -0.15) is 0 Å². The van der Waals surface area contributed by atoms with Crippen molar-refractivity contribution in [2.75, 3.05) is 11.4 Å². The quantitative estimate of drug-likeness (QED) is 0.864. The fourth-order valence-corrected chi connectivity index (χ4v) is 2.67. The Hall–Kier alpha value is -2.08. The predicted octanol–water partition coefficient (Wildman–Crippen LogP) is 1.86. The maximum Gasteiger partial charge on any atom is 0.305 e. The lowest BCUT2D eigenvalue weighted by Gasteiger charge is -2.33. The third-order valence-electron chi connectivity index (χ3n) is 2.92. The van der Waals surface area contributed by atoms with Gasteiger partial charge in [-0.1, -0.05) is 23.5 Å². The minimum absolute atomic E-state index is 0.0794. The molecule has 2 heterocycles. The predicted molar refractivity (Wildman–Crippen MR) is 73.1 cm³/mol. The summed E-state index contributed by atoms with van der Waals surface area (Å²) in [5.74, 6) is 0.480. The van der Waals surface area contributed by atoms with Gasteiger partial charge in [0.1, 0.15) is 17.5 Å². The molecule has 1 aliphatic rings. The van der Waals surface area contributed by atoms with Gasteiger partial charge >= 0.3 is 4.87 Å². The number of aromatic nitrogens is 1. The van der Waals surface area contributed by atoms with Gasteiger partial charge in [0.25, 0.3) is 5.91 Å². The van der Waals surface area contributed by atoms with Crippen LogP contribution in [0.1, 0.15) is 17.4 Å². The molecule has 1 aliphatic heterocycles. The number of carbonyl (C=O) groups excluding carboxylic acids is 1. The Morgan fingerprint density at radius 1 is 1.47 bits per heavy atom. The highest BCUT2D eigenvalue weighted by molar-refractivity contribution is 7.07. The van der Waals surface area contributed by atoms with Crippen LogP contribution in [0.15, 0.2) is 34.4 Å². The lowest BCUT2D eigenvalue weighted by Crippen LogP contribution is -2.42. The van der Waals surface area contributed by atoms with E-state index in [1.165, 1.54) is 0 Å². The minimum atomic E-state index is -0.224. The average molecular weight is 276 g/mol. The molecule has 1 amide bonds. The highest BCUT2D eigenvalue weighted by atomic mass is 32.1. The van der Waals surface area contributed by atoms with Crippen LogP contribution in [0, 0.1) is 0 Å². The van der Waals surface area contributed by atoms with E-state index in [0.29, 0.717) is 18.0 Å². The Bertz CT molecular complexity index is 676. The van der Waals surface area contributed by atoms with Crippen LogP contribution in [0.25, 0.3) is 0 Å². The monoisotopic (exact) mass is 276 g/mol. The molecule has 0 spiro atoms. The van der Waals surface area contributed by atoms with Gasteiger partial charge in [0, 0.05) is 5.38 Å². The molecule has 0 saturated heterocycles. The number of anilines is 1. The van der Waals surface area contributed by atoms with Crippen LogP contribution in [-0.2, 0) is 0 Å². The topological polar surface area (TPSA) is 62.4 Å². The first-order valence-electron chi connectivity index (χ1n) is 5.90. The molecule has 0 fully saturated rings. The van der Waals surface area contributed by atoms with E-state index >= 15 is 0 Å². The first kappa shape index (κ1) is 12.0. The summed E-state index contributed by atoms with van der Waals surface area (Å²) in [6.45, 7) is 2.38. The summed E-state index contributed by atoms with van der Waals surface area (Å²) in [5.41, 5.74) is 1.05. The molecule has 6 heteroatoms. The summed E-state index contributed by atoms with van der Waals surface area (Å²) >= 11 is 0.989. The number of amides is 1. The fraction of sp³-hybridized carbons (Fsp3) is 0.231. The maximum atomic E-state index is 12.4. The van der Waals surface area contributed by atoms with E-state index in [0.717, 1.165) is 17.0 Å². The normalized spacial score (nSPS) is 17.7. The number of hydrogen-bond donors (Lipinski definition) is 1. The Kier molecular flexibility index (Phi) is 2.87. The van der Waals surface area contributed by atoms with Crippen LogP contribution >= 0.6 is 11.3 Å². The Labute approximate surface area is 113 Å². The van der Waals surface area contributed by atoms with Gasteiger partial charge < -0.3 is 9.72 Å². The van der Waals surface area contributed by atoms with Crippen LogP contribution in [0.3, 0.4) is 0 Å². The second-order valence-corrected chi connectivity index (χ2v) is 5.22. The van der Waals surface area contributed by atoms with Gasteiger partial charge in [-0.3, -0.25) is 14.5 Å². The highest BCUT2D eigenvalue weighted by Crippen LogP contribution is 2.33. The summed E-state index contributed by atoms with van der Waals surface area (Å²) < 4.78 is 5.69. The number of H-pyrrole nitrogens is 1. The first-order valence-corrected chi connectivity index (χ1v) is 6.78. The van der Waals surface area contributed by atoms with E-state index in [1.54, 1.807) is 10.3 Å². The summed E-state index contributed by atoms with van der Waals surface area (Å²) in [7, 11) is 0. The largest absolute Gasteiger partial charge is 0.487 e. The number of carbonyl (C=O) groups is 1. The number of rotatable bonds is 1. The molecule has 1 unspecified atom stereocenters. The number of hydrogen-bond acceptors (Lipinski definition) is 4. The Balaban J connectivity index is 2.01. The maximum absolute atomic E-state index is 12.4. The molecule has 3 rings (SSSR count). The smallest absolute Gasteiger partial charge is 0.305 e. The first-order chi connectivity index (χ1) is 9.15. The second-order valence-electron chi connectivity index (χ2n) is 4.37. The van der Waals surface area contributed by atoms with Crippen molar-refractivity contribution in [3.8, 4) is 5.75 Å². The van der Waals surface area contributed by atoms with Crippen molar-refractivity contribution in [3.63, 3.8) is 0 Å². The van der Waals surface area contributed by atoms with Crippen LogP contribution in [-0.4, -0.2) is 23.5 Å². The van der Waals surface area contributed by atoms with Crippen molar-refractivity contribution >= 4 is 22.9 Å². The van der Waals surface area contributed by atoms with Crippen molar-refractivity contribution < 1.29 is 9.53 Å². The highest BCUT2D eigenvalue weighted by Gasteiger charge is 2.28. The van der Waals surface area contributed by atoms with Crippen molar-refractivity contribution in [1.29, 1.82) is 0 Å².